The summed E-state index contributed by atoms with van der Waals surface area (Å²) in [5.74, 6) is -0.185. The van der Waals surface area contributed by atoms with E-state index in [1.54, 1.807) is 17.4 Å². The molecule has 0 aliphatic carbocycles. The molecule has 160 valence electrons. The van der Waals surface area contributed by atoms with Crippen LogP contribution in [0.2, 0.25) is 0 Å². The van der Waals surface area contributed by atoms with Crippen molar-refractivity contribution in [2.24, 2.45) is 5.92 Å². The van der Waals surface area contributed by atoms with Crippen LogP contribution in [0.5, 0.6) is 0 Å². The van der Waals surface area contributed by atoms with Crippen molar-refractivity contribution in [1.29, 1.82) is 0 Å². The van der Waals surface area contributed by atoms with Gasteiger partial charge in [-0.15, -0.1) is 0 Å². The summed E-state index contributed by atoms with van der Waals surface area (Å²) in [4.78, 5) is 31.0. The molecule has 3 aromatic rings. The quantitative estimate of drug-likeness (QED) is 0.644. The molecule has 1 fully saturated rings. The summed E-state index contributed by atoms with van der Waals surface area (Å²) in [6.07, 6.45) is 7.11. The van der Waals surface area contributed by atoms with Crippen molar-refractivity contribution in [1.82, 2.24) is 19.8 Å². The molecule has 1 saturated heterocycles. The number of para-hydroxylation sites is 1. The van der Waals surface area contributed by atoms with Gasteiger partial charge in [-0.2, -0.15) is 0 Å². The van der Waals surface area contributed by atoms with E-state index in [-0.39, 0.29) is 17.9 Å². The van der Waals surface area contributed by atoms with Gasteiger partial charge in [0, 0.05) is 44.3 Å². The van der Waals surface area contributed by atoms with Gasteiger partial charge in [0.25, 0.3) is 0 Å². The van der Waals surface area contributed by atoms with Crippen molar-refractivity contribution >= 4 is 17.6 Å². The van der Waals surface area contributed by atoms with Crippen molar-refractivity contribution in [2.75, 3.05) is 18.4 Å². The number of aromatic nitrogens is 2. The molecule has 1 aliphatic rings. The van der Waals surface area contributed by atoms with Crippen molar-refractivity contribution in [3.8, 4) is 0 Å². The van der Waals surface area contributed by atoms with Gasteiger partial charge in [-0.3, -0.25) is 4.79 Å². The number of amides is 3. The fourth-order valence-electron chi connectivity index (χ4n) is 3.79. The summed E-state index contributed by atoms with van der Waals surface area (Å²) in [6, 6.07) is 17.4. The Morgan fingerprint density at radius 1 is 1.03 bits per heavy atom. The van der Waals surface area contributed by atoms with Crippen LogP contribution in [0.4, 0.5) is 10.5 Å². The normalized spacial score (nSPS) is 16.0. The first-order valence-corrected chi connectivity index (χ1v) is 10.6. The van der Waals surface area contributed by atoms with E-state index in [1.807, 2.05) is 53.2 Å². The highest BCUT2D eigenvalue weighted by Crippen LogP contribution is 2.18. The number of hydrogen-bond donors (Lipinski definition) is 2. The third kappa shape index (κ3) is 5.72. The first-order valence-electron chi connectivity index (χ1n) is 10.6. The van der Waals surface area contributed by atoms with Crippen molar-refractivity contribution in [2.45, 2.75) is 25.9 Å². The summed E-state index contributed by atoms with van der Waals surface area (Å²) in [5.41, 5.74) is 2.99. The van der Waals surface area contributed by atoms with Gasteiger partial charge in [0.1, 0.15) is 0 Å². The lowest BCUT2D eigenvalue weighted by molar-refractivity contribution is -0.126. The number of rotatable bonds is 6. The minimum absolute atomic E-state index is 0.000275. The number of hydrogen-bond acceptors (Lipinski definition) is 3. The van der Waals surface area contributed by atoms with Crippen LogP contribution < -0.4 is 10.6 Å². The predicted molar refractivity (Wildman–Crippen MR) is 119 cm³/mol. The lowest BCUT2D eigenvalue weighted by atomic mass is 9.97. The highest BCUT2D eigenvalue weighted by Gasteiger charge is 2.28. The van der Waals surface area contributed by atoms with E-state index in [1.165, 1.54) is 5.56 Å². The zero-order valence-electron chi connectivity index (χ0n) is 17.4. The number of imidazole rings is 1. The monoisotopic (exact) mass is 417 g/mol. The van der Waals surface area contributed by atoms with Crippen LogP contribution >= 0.6 is 0 Å². The summed E-state index contributed by atoms with van der Waals surface area (Å²) >= 11 is 0. The largest absolute Gasteiger partial charge is 0.352 e. The predicted octanol–water partition coefficient (Wildman–Crippen LogP) is 3.49. The number of carbonyl (C=O) groups excluding carboxylic acids is 2. The van der Waals surface area contributed by atoms with Gasteiger partial charge < -0.3 is 20.1 Å². The fraction of sp³-hybridized carbons (Fsp3) is 0.292. The zero-order valence-corrected chi connectivity index (χ0v) is 17.4. The lowest BCUT2D eigenvalue weighted by Gasteiger charge is -2.32. The molecule has 1 unspecified atom stereocenters. The summed E-state index contributed by atoms with van der Waals surface area (Å²) in [7, 11) is 0. The molecule has 4 rings (SSSR count). The molecule has 0 bridgehead atoms. The Labute approximate surface area is 182 Å². The highest BCUT2D eigenvalue weighted by molar-refractivity contribution is 5.90. The van der Waals surface area contributed by atoms with Crippen molar-refractivity contribution in [3.05, 3.63) is 84.4 Å². The van der Waals surface area contributed by atoms with E-state index in [9.17, 15) is 9.59 Å². The summed E-state index contributed by atoms with van der Waals surface area (Å²) in [5, 5.41) is 5.93. The van der Waals surface area contributed by atoms with Gasteiger partial charge in [-0.1, -0.05) is 42.5 Å². The topological polar surface area (TPSA) is 79.3 Å². The molecule has 2 N–H and O–H groups in total. The average molecular weight is 418 g/mol. The Bertz CT molecular complexity index is 987. The molecule has 0 spiro atoms. The van der Waals surface area contributed by atoms with Gasteiger partial charge >= 0.3 is 6.03 Å². The molecule has 2 heterocycles. The molecule has 3 amide bonds. The van der Waals surface area contributed by atoms with Gasteiger partial charge in [-0.25, -0.2) is 9.78 Å². The van der Waals surface area contributed by atoms with Gasteiger partial charge in [0.15, 0.2) is 0 Å². The molecule has 7 nitrogen and oxygen atoms in total. The first kappa shape index (κ1) is 20.7. The lowest BCUT2D eigenvalue weighted by Crippen LogP contribution is -2.46. The molecule has 2 aromatic carbocycles. The molecule has 1 aliphatic heterocycles. The molecule has 1 atom stereocenters. The first-order chi connectivity index (χ1) is 15.2. The van der Waals surface area contributed by atoms with Crippen molar-refractivity contribution in [3.63, 3.8) is 0 Å². The van der Waals surface area contributed by atoms with Gasteiger partial charge in [0.2, 0.25) is 5.91 Å². The Morgan fingerprint density at radius 2 is 1.81 bits per heavy atom. The number of nitrogens with one attached hydrogen (secondary N) is 2. The van der Waals surface area contributed by atoms with Crippen LogP contribution in [-0.2, 0) is 17.9 Å². The number of nitrogens with zero attached hydrogens (tertiary/aromatic N) is 3. The van der Waals surface area contributed by atoms with Gasteiger partial charge in [0.05, 0.1) is 12.2 Å². The second-order valence-corrected chi connectivity index (χ2v) is 7.85. The maximum atomic E-state index is 12.7. The van der Waals surface area contributed by atoms with Crippen LogP contribution in [0.15, 0.2) is 73.3 Å². The molecule has 1 aromatic heterocycles. The summed E-state index contributed by atoms with van der Waals surface area (Å²) in [6.45, 7) is 2.36. The third-order valence-corrected chi connectivity index (χ3v) is 5.52. The SMILES string of the molecule is O=C(NCc1ccc(Cn2ccnc2)cc1)C1CCCN(C(=O)Nc2ccccc2)C1. The van der Waals surface area contributed by atoms with Crippen LogP contribution in [0.1, 0.15) is 24.0 Å². The molecular weight excluding hydrogens is 390 g/mol. The van der Waals surface area contributed by atoms with E-state index in [0.717, 1.165) is 30.6 Å². The number of piperidine rings is 1. The minimum Gasteiger partial charge on any atom is -0.352 e. The Kier molecular flexibility index (Phi) is 6.62. The van der Waals surface area contributed by atoms with E-state index in [2.05, 4.69) is 27.8 Å². The van der Waals surface area contributed by atoms with Crippen LogP contribution in [0.3, 0.4) is 0 Å². The molecule has 7 heteroatoms. The average Bonchev–Trinajstić information content (AvgIpc) is 3.32. The van der Waals surface area contributed by atoms with Crippen LogP contribution in [0, 0.1) is 5.92 Å². The highest BCUT2D eigenvalue weighted by atomic mass is 16.2. The number of carbonyl (C=O) groups is 2. The fourth-order valence-corrected chi connectivity index (χ4v) is 3.79. The number of benzene rings is 2. The molecule has 31 heavy (non-hydrogen) atoms. The number of anilines is 1. The maximum absolute atomic E-state index is 12.7. The van der Waals surface area contributed by atoms with E-state index in [0.29, 0.717) is 19.6 Å². The minimum atomic E-state index is -0.184. The smallest absolute Gasteiger partial charge is 0.321 e. The van der Waals surface area contributed by atoms with E-state index >= 15 is 0 Å². The maximum Gasteiger partial charge on any atom is 0.321 e. The van der Waals surface area contributed by atoms with E-state index < -0.39 is 0 Å². The Balaban J connectivity index is 1.25. The number of urea groups is 1. The molecular formula is C24H27N5O2. The third-order valence-electron chi connectivity index (χ3n) is 5.52. The zero-order chi connectivity index (χ0) is 21.5. The summed E-state index contributed by atoms with van der Waals surface area (Å²) < 4.78 is 2.01. The standard InChI is InChI=1S/C24H27N5O2/c30-23(26-15-19-8-10-20(11-9-19)16-28-14-12-25-18-28)21-5-4-13-29(17-21)24(31)27-22-6-2-1-3-7-22/h1-3,6-12,14,18,21H,4-5,13,15-17H2,(H,26,30)(H,27,31). The number of likely N-dealkylation sites (tertiary alicyclic amines) is 1. The Morgan fingerprint density at radius 3 is 2.55 bits per heavy atom. The second kappa shape index (κ2) is 9.93. The van der Waals surface area contributed by atoms with E-state index in [4.69, 9.17) is 0 Å². The van der Waals surface area contributed by atoms with Crippen LogP contribution in [-0.4, -0.2) is 39.5 Å². The Hall–Kier alpha value is -3.61. The molecule has 0 saturated carbocycles. The van der Waals surface area contributed by atoms with Crippen LogP contribution in [0.25, 0.3) is 0 Å². The second-order valence-electron chi connectivity index (χ2n) is 7.85. The molecule has 0 radical (unpaired) electrons. The van der Waals surface area contributed by atoms with Gasteiger partial charge in [-0.05, 0) is 36.1 Å². The van der Waals surface area contributed by atoms with Crippen molar-refractivity contribution < 1.29 is 9.59 Å².